The van der Waals surface area contributed by atoms with E-state index in [0.29, 0.717) is 46.6 Å². The van der Waals surface area contributed by atoms with Gasteiger partial charge in [0.2, 0.25) is 0 Å². The first kappa shape index (κ1) is 9.99. The topological polar surface area (TPSA) is 59.3 Å². The number of rotatable bonds is 1. The number of hydrogen-bond donors (Lipinski definition) is 0. The van der Waals surface area contributed by atoms with Crippen molar-refractivity contribution >= 4 is 22.2 Å². The lowest BCUT2D eigenvalue weighted by molar-refractivity contribution is 0.111. The van der Waals surface area contributed by atoms with Gasteiger partial charge < -0.3 is 9.47 Å². The van der Waals surface area contributed by atoms with E-state index in [1.165, 1.54) is 0 Å². The number of nitrogens with zero attached hydrogens (tertiary/aromatic N) is 1. The zero-order valence-electron chi connectivity index (χ0n) is 7.62. The Labute approximate surface area is 94.5 Å². The molecule has 1 aromatic carbocycles. The van der Waals surface area contributed by atoms with Crippen molar-refractivity contribution in [2.24, 2.45) is 0 Å². The number of benzene rings is 1. The van der Waals surface area contributed by atoms with Crippen LogP contribution in [0.4, 0.5) is 0 Å². The van der Waals surface area contributed by atoms with Crippen LogP contribution < -0.4 is 9.47 Å². The molecule has 0 N–H and O–H groups in total. The summed E-state index contributed by atoms with van der Waals surface area (Å²) in [5.74, 6) is 0.705. The lowest BCUT2D eigenvalue weighted by atomic mass is 10.1. The molecule has 0 amide bonds. The highest BCUT2D eigenvalue weighted by atomic mass is 79.9. The summed E-state index contributed by atoms with van der Waals surface area (Å²) in [5, 5.41) is 8.93. The molecule has 1 aromatic rings. The van der Waals surface area contributed by atoms with E-state index in [0.717, 1.165) is 0 Å². The molecule has 2 rings (SSSR count). The van der Waals surface area contributed by atoms with E-state index in [1.54, 1.807) is 6.07 Å². The van der Waals surface area contributed by atoms with Crippen LogP contribution in [0.2, 0.25) is 0 Å². The summed E-state index contributed by atoms with van der Waals surface area (Å²) in [6.07, 6.45) is 0.680. The van der Waals surface area contributed by atoms with E-state index >= 15 is 0 Å². The minimum absolute atomic E-state index is 0.347. The third-order valence-corrected chi connectivity index (χ3v) is 2.66. The summed E-state index contributed by atoms with van der Waals surface area (Å²) < 4.78 is 11.2. The van der Waals surface area contributed by atoms with Gasteiger partial charge in [0.25, 0.3) is 0 Å². The third kappa shape index (κ3) is 1.57. The van der Waals surface area contributed by atoms with Crippen molar-refractivity contribution < 1.29 is 14.3 Å². The standard InChI is InChI=1S/C10H6BrNO3/c11-8-3-6(5-13)9-10(7(8)4-12)15-2-1-14-9/h3,5H,1-2H2. The molecule has 0 radical (unpaired) electrons. The second kappa shape index (κ2) is 3.91. The van der Waals surface area contributed by atoms with Gasteiger partial charge in [0.05, 0.1) is 5.56 Å². The summed E-state index contributed by atoms with van der Waals surface area (Å²) in [4.78, 5) is 10.8. The summed E-state index contributed by atoms with van der Waals surface area (Å²) in [5.41, 5.74) is 0.742. The first-order valence-corrected chi connectivity index (χ1v) is 5.04. The molecule has 0 aromatic heterocycles. The quantitative estimate of drug-likeness (QED) is 0.730. The number of fused-ring (bicyclic) bond motifs is 1. The fourth-order valence-electron chi connectivity index (χ4n) is 1.39. The van der Waals surface area contributed by atoms with E-state index in [9.17, 15) is 4.79 Å². The highest BCUT2D eigenvalue weighted by Gasteiger charge is 2.22. The predicted molar refractivity (Wildman–Crippen MR) is 55.2 cm³/mol. The molecule has 0 atom stereocenters. The van der Waals surface area contributed by atoms with Crippen molar-refractivity contribution in [3.05, 3.63) is 21.7 Å². The van der Waals surface area contributed by atoms with Gasteiger partial charge in [0.15, 0.2) is 17.8 Å². The number of carbonyl (C=O) groups excluding carboxylic acids is 1. The van der Waals surface area contributed by atoms with Gasteiger partial charge >= 0.3 is 0 Å². The molecule has 0 saturated carbocycles. The summed E-state index contributed by atoms with van der Waals surface area (Å²) in [6, 6.07) is 3.56. The second-order valence-electron chi connectivity index (χ2n) is 2.91. The van der Waals surface area contributed by atoms with Crippen LogP contribution in [0.1, 0.15) is 15.9 Å². The SMILES string of the molecule is N#Cc1c(Br)cc(C=O)c2c1OCCO2. The smallest absolute Gasteiger partial charge is 0.181 e. The van der Waals surface area contributed by atoms with Crippen molar-refractivity contribution in [2.45, 2.75) is 0 Å². The molecular formula is C10H6BrNO3. The average Bonchev–Trinajstić information content (AvgIpc) is 2.28. The third-order valence-electron chi connectivity index (χ3n) is 2.03. The van der Waals surface area contributed by atoms with E-state index in [1.807, 2.05) is 6.07 Å². The van der Waals surface area contributed by atoms with Gasteiger partial charge in [0.1, 0.15) is 24.8 Å². The molecular weight excluding hydrogens is 262 g/mol. The highest BCUT2D eigenvalue weighted by molar-refractivity contribution is 9.10. The van der Waals surface area contributed by atoms with Crippen LogP contribution in [-0.2, 0) is 0 Å². The van der Waals surface area contributed by atoms with Gasteiger partial charge in [-0.3, -0.25) is 4.79 Å². The molecule has 76 valence electrons. The van der Waals surface area contributed by atoms with Gasteiger partial charge in [-0.25, -0.2) is 0 Å². The van der Waals surface area contributed by atoms with Gasteiger partial charge in [-0.1, -0.05) is 0 Å². The van der Waals surface area contributed by atoms with Crippen LogP contribution in [0, 0.1) is 11.3 Å². The highest BCUT2D eigenvalue weighted by Crippen LogP contribution is 2.40. The molecule has 1 aliphatic rings. The van der Waals surface area contributed by atoms with Crippen molar-refractivity contribution in [3.8, 4) is 17.6 Å². The zero-order chi connectivity index (χ0) is 10.8. The molecule has 15 heavy (non-hydrogen) atoms. The molecule has 0 spiro atoms. The molecule has 1 heterocycles. The van der Waals surface area contributed by atoms with Gasteiger partial charge in [-0.05, 0) is 22.0 Å². The number of aldehydes is 1. The number of ether oxygens (including phenoxy) is 2. The monoisotopic (exact) mass is 267 g/mol. The van der Waals surface area contributed by atoms with Crippen LogP contribution in [0.3, 0.4) is 0 Å². The number of halogens is 1. The second-order valence-corrected chi connectivity index (χ2v) is 3.76. The lowest BCUT2D eigenvalue weighted by Gasteiger charge is -2.21. The van der Waals surface area contributed by atoms with Crippen LogP contribution in [0.25, 0.3) is 0 Å². The Kier molecular flexibility index (Phi) is 2.60. The number of carbonyl (C=O) groups is 1. The first-order chi connectivity index (χ1) is 7.27. The largest absolute Gasteiger partial charge is 0.485 e. The average molecular weight is 268 g/mol. The predicted octanol–water partition coefficient (Wildman–Crippen LogP) is 1.90. The van der Waals surface area contributed by atoms with E-state index < -0.39 is 0 Å². The molecule has 0 aliphatic carbocycles. The van der Waals surface area contributed by atoms with Crippen LogP contribution >= 0.6 is 15.9 Å². The minimum Gasteiger partial charge on any atom is -0.485 e. The van der Waals surface area contributed by atoms with Crippen molar-refractivity contribution in [3.63, 3.8) is 0 Å². The van der Waals surface area contributed by atoms with Gasteiger partial charge in [-0.2, -0.15) is 5.26 Å². The van der Waals surface area contributed by atoms with Crippen LogP contribution in [0.15, 0.2) is 10.5 Å². The van der Waals surface area contributed by atoms with Crippen LogP contribution in [0.5, 0.6) is 11.5 Å². The Morgan fingerprint density at radius 3 is 2.67 bits per heavy atom. The fraction of sp³-hybridized carbons (Fsp3) is 0.200. The molecule has 0 fully saturated rings. The summed E-state index contributed by atoms with van der Waals surface area (Å²) >= 11 is 3.21. The molecule has 5 heteroatoms. The maximum atomic E-state index is 10.8. The minimum atomic E-state index is 0.347. The first-order valence-electron chi connectivity index (χ1n) is 4.25. The molecule has 4 nitrogen and oxygen atoms in total. The molecule has 0 unspecified atom stereocenters. The maximum Gasteiger partial charge on any atom is 0.181 e. The lowest BCUT2D eigenvalue weighted by Crippen LogP contribution is -2.17. The summed E-state index contributed by atoms with van der Waals surface area (Å²) in [7, 11) is 0. The Hall–Kier alpha value is -1.54. The van der Waals surface area contributed by atoms with Crippen molar-refractivity contribution in [1.82, 2.24) is 0 Å². The van der Waals surface area contributed by atoms with Crippen LogP contribution in [-0.4, -0.2) is 19.5 Å². The number of hydrogen-bond acceptors (Lipinski definition) is 4. The van der Waals surface area contributed by atoms with Crippen molar-refractivity contribution in [1.29, 1.82) is 5.26 Å². The molecule has 1 aliphatic heterocycles. The summed E-state index contributed by atoms with van der Waals surface area (Å²) in [6.45, 7) is 0.775. The Morgan fingerprint density at radius 2 is 2.07 bits per heavy atom. The van der Waals surface area contributed by atoms with Gasteiger partial charge in [-0.15, -0.1) is 0 Å². The van der Waals surface area contributed by atoms with E-state index in [4.69, 9.17) is 14.7 Å². The van der Waals surface area contributed by atoms with E-state index in [2.05, 4.69) is 15.9 Å². The molecule has 0 bridgehead atoms. The Balaban J connectivity index is 2.72. The maximum absolute atomic E-state index is 10.8. The molecule has 0 saturated heterocycles. The Morgan fingerprint density at radius 1 is 1.40 bits per heavy atom. The fourth-order valence-corrected chi connectivity index (χ4v) is 1.91. The van der Waals surface area contributed by atoms with Crippen molar-refractivity contribution in [2.75, 3.05) is 13.2 Å². The number of nitriles is 1. The zero-order valence-corrected chi connectivity index (χ0v) is 9.20. The Bertz CT molecular complexity index is 465. The normalized spacial score (nSPS) is 13.1. The van der Waals surface area contributed by atoms with E-state index in [-0.39, 0.29) is 0 Å². The van der Waals surface area contributed by atoms with Gasteiger partial charge in [0, 0.05) is 4.47 Å².